The van der Waals surface area contributed by atoms with Crippen LogP contribution in [0.1, 0.15) is 35.3 Å². The van der Waals surface area contributed by atoms with Crippen molar-refractivity contribution in [1.82, 2.24) is 0 Å². The highest BCUT2D eigenvalue weighted by Gasteiger charge is 2.15. The molecule has 5 heteroatoms. The van der Waals surface area contributed by atoms with E-state index in [-0.39, 0.29) is 22.7 Å². The van der Waals surface area contributed by atoms with Gasteiger partial charge >= 0.3 is 6.61 Å². The molecule has 0 aromatic heterocycles. The van der Waals surface area contributed by atoms with Gasteiger partial charge in [0.05, 0.1) is 11.6 Å². The van der Waals surface area contributed by atoms with Crippen molar-refractivity contribution in [3.05, 3.63) is 28.8 Å². The molecule has 90 valence electrons. The highest BCUT2D eigenvalue weighted by molar-refractivity contribution is 5.95. The molecular formula is C12H11F2NO2. The van der Waals surface area contributed by atoms with Crippen molar-refractivity contribution in [3.8, 4) is 11.8 Å². The Morgan fingerprint density at radius 3 is 2.59 bits per heavy atom. The number of nitrogens with zero attached hydrogens (tertiary/aromatic N) is 1. The van der Waals surface area contributed by atoms with Gasteiger partial charge in [0.2, 0.25) is 0 Å². The van der Waals surface area contributed by atoms with Gasteiger partial charge < -0.3 is 4.74 Å². The number of rotatable bonds is 4. The van der Waals surface area contributed by atoms with Gasteiger partial charge in [-0.15, -0.1) is 0 Å². The minimum absolute atomic E-state index is 0.105. The quantitative estimate of drug-likeness (QED) is 0.759. The summed E-state index contributed by atoms with van der Waals surface area (Å²) in [6, 6.07) is 4.51. The summed E-state index contributed by atoms with van der Waals surface area (Å²) in [6.07, 6.45) is 0.378. The van der Waals surface area contributed by atoms with Crippen molar-refractivity contribution in [2.24, 2.45) is 0 Å². The number of benzene rings is 1. The third-order valence-electron chi connectivity index (χ3n) is 2.31. The molecule has 17 heavy (non-hydrogen) atoms. The van der Waals surface area contributed by atoms with Crippen molar-refractivity contribution in [3.63, 3.8) is 0 Å². The first-order valence-corrected chi connectivity index (χ1v) is 5.02. The Labute approximate surface area is 97.6 Å². The molecule has 0 fully saturated rings. The van der Waals surface area contributed by atoms with Crippen LogP contribution in [0.15, 0.2) is 12.1 Å². The normalized spacial score (nSPS) is 10.1. The fraction of sp³-hybridized carbons (Fsp3) is 0.333. The van der Waals surface area contributed by atoms with E-state index in [1.807, 2.05) is 6.07 Å². The van der Waals surface area contributed by atoms with Crippen LogP contribution >= 0.6 is 0 Å². The second-order valence-corrected chi connectivity index (χ2v) is 3.40. The first-order chi connectivity index (χ1) is 7.99. The summed E-state index contributed by atoms with van der Waals surface area (Å²) in [5.41, 5.74) is 0.767. The number of nitriles is 1. The number of carbonyl (C=O) groups is 1. The molecule has 0 N–H and O–H groups in total. The van der Waals surface area contributed by atoms with E-state index in [2.05, 4.69) is 4.74 Å². The molecule has 1 aromatic rings. The standard InChI is InChI=1S/C12H11F2NO2/c1-3-10-9(6-15)4-8(7(2)16)5-11(10)17-12(13)14/h4-5,12H,3H2,1-2H3. The maximum absolute atomic E-state index is 12.2. The molecule has 0 atom stereocenters. The number of ketones is 1. The van der Waals surface area contributed by atoms with E-state index in [1.165, 1.54) is 19.1 Å². The lowest BCUT2D eigenvalue weighted by molar-refractivity contribution is -0.0504. The molecule has 0 aliphatic heterocycles. The molecular weight excluding hydrogens is 228 g/mol. The highest BCUT2D eigenvalue weighted by Crippen LogP contribution is 2.27. The molecule has 0 aliphatic carbocycles. The number of hydrogen-bond acceptors (Lipinski definition) is 3. The average Bonchev–Trinajstić information content (AvgIpc) is 2.26. The number of Topliss-reactive ketones (excluding diaryl/α,β-unsaturated/α-hetero) is 1. The molecule has 0 radical (unpaired) electrons. The van der Waals surface area contributed by atoms with Crippen molar-refractivity contribution in [1.29, 1.82) is 5.26 Å². The SMILES string of the molecule is CCc1c(C#N)cc(C(C)=O)cc1OC(F)F. The summed E-state index contributed by atoms with van der Waals surface area (Å²) in [7, 11) is 0. The van der Waals surface area contributed by atoms with Gasteiger partial charge in [0.1, 0.15) is 5.75 Å². The molecule has 0 amide bonds. The highest BCUT2D eigenvalue weighted by atomic mass is 19.3. The van der Waals surface area contributed by atoms with Gasteiger partial charge in [-0.05, 0) is 25.5 Å². The van der Waals surface area contributed by atoms with Crippen LogP contribution in [-0.2, 0) is 6.42 Å². The molecule has 0 saturated carbocycles. The first-order valence-electron chi connectivity index (χ1n) is 5.02. The van der Waals surface area contributed by atoms with E-state index in [4.69, 9.17) is 5.26 Å². The Kier molecular flexibility index (Phi) is 4.16. The van der Waals surface area contributed by atoms with Gasteiger partial charge in [-0.25, -0.2) is 0 Å². The summed E-state index contributed by atoms with van der Waals surface area (Å²) in [5, 5.41) is 8.91. The predicted octanol–water partition coefficient (Wildman–Crippen LogP) is 2.92. The van der Waals surface area contributed by atoms with E-state index in [0.717, 1.165) is 0 Å². The minimum atomic E-state index is -2.98. The summed E-state index contributed by atoms with van der Waals surface area (Å²) >= 11 is 0. The second-order valence-electron chi connectivity index (χ2n) is 3.40. The molecule has 0 spiro atoms. The fourth-order valence-corrected chi connectivity index (χ4v) is 1.51. The first kappa shape index (κ1) is 13.1. The van der Waals surface area contributed by atoms with E-state index < -0.39 is 6.61 Å². The summed E-state index contributed by atoms with van der Waals surface area (Å²) < 4.78 is 28.8. The van der Waals surface area contributed by atoms with Crippen LogP contribution in [0.25, 0.3) is 0 Å². The summed E-state index contributed by atoms with van der Waals surface area (Å²) in [6.45, 7) is 0.0463. The van der Waals surface area contributed by atoms with Crippen LogP contribution in [0, 0.1) is 11.3 Å². The Bertz CT molecular complexity index is 478. The molecule has 0 bridgehead atoms. The van der Waals surface area contributed by atoms with Gasteiger partial charge in [-0.3, -0.25) is 4.79 Å². The van der Waals surface area contributed by atoms with E-state index in [0.29, 0.717) is 12.0 Å². The number of carbonyl (C=O) groups excluding carboxylic acids is 1. The molecule has 1 aromatic carbocycles. The van der Waals surface area contributed by atoms with Gasteiger partial charge in [-0.1, -0.05) is 6.92 Å². The Morgan fingerprint density at radius 1 is 1.53 bits per heavy atom. The molecule has 0 saturated heterocycles. The third-order valence-corrected chi connectivity index (χ3v) is 2.31. The number of halogens is 2. The van der Waals surface area contributed by atoms with Crippen molar-refractivity contribution >= 4 is 5.78 Å². The van der Waals surface area contributed by atoms with Gasteiger partial charge in [-0.2, -0.15) is 14.0 Å². The van der Waals surface area contributed by atoms with Crippen LogP contribution in [-0.4, -0.2) is 12.4 Å². The summed E-state index contributed by atoms with van der Waals surface area (Å²) in [5.74, 6) is -0.407. The van der Waals surface area contributed by atoms with E-state index in [9.17, 15) is 13.6 Å². The second kappa shape index (κ2) is 5.39. The Hall–Kier alpha value is -1.96. The third kappa shape index (κ3) is 3.00. The van der Waals surface area contributed by atoms with Crippen LogP contribution in [0.4, 0.5) is 8.78 Å². The van der Waals surface area contributed by atoms with Gasteiger partial charge in [0.15, 0.2) is 5.78 Å². The Balaban J connectivity index is 3.38. The number of hydrogen-bond donors (Lipinski definition) is 0. The van der Waals surface area contributed by atoms with Crippen molar-refractivity contribution < 1.29 is 18.3 Å². The Morgan fingerprint density at radius 2 is 2.18 bits per heavy atom. The largest absolute Gasteiger partial charge is 0.434 e. The zero-order valence-corrected chi connectivity index (χ0v) is 9.46. The molecule has 3 nitrogen and oxygen atoms in total. The lowest BCUT2D eigenvalue weighted by atomic mass is 10.00. The lowest BCUT2D eigenvalue weighted by Gasteiger charge is -2.12. The maximum Gasteiger partial charge on any atom is 0.387 e. The molecule has 0 aliphatic rings. The lowest BCUT2D eigenvalue weighted by Crippen LogP contribution is -2.07. The summed E-state index contributed by atoms with van der Waals surface area (Å²) in [4.78, 5) is 11.2. The van der Waals surface area contributed by atoms with E-state index in [1.54, 1.807) is 6.92 Å². The van der Waals surface area contributed by atoms with Crippen molar-refractivity contribution in [2.75, 3.05) is 0 Å². The van der Waals surface area contributed by atoms with Crippen LogP contribution in [0.5, 0.6) is 5.75 Å². The maximum atomic E-state index is 12.2. The zero-order valence-electron chi connectivity index (χ0n) is 9.46. The predicted molar refractivity (Wildman–Crippen MR) is 57.2 cm³/mol. The average molecular weight is 239 g/mol. The minimum Gasteiger partial charge on any atom is -0.434 e. The van der Waals surface area contributed by atoms with Crippen LogP contribution in [0.3, 0.4) is 0 Å². The zero-order chi connectivity index (χ0) is 13.0. The monoisotopic (exact) mass is 239 g/mol. The van der Waals surface area contributed by atoms with Gasteiger partial charge in [0.25, 0.3) is 0 Å². The van der Waals surface area contributed by atoms with Crippen LogP contribution < -0.4 is 4.74 Å². The number of alkyl halides is 2. The smallest absolute Gasteiger partial charge is 0.387 e. The molecule has 0 heterocycles. The van der Waals surface area contributed by atoms with Crippen LogP contribution in [0.2, 0.25) is 0 Å². The topological polar surface area (TPSA) is 50.1 Å². The molecule has 0 unspecified atom stereocenters. The van der Waals surface area contributed by atoms with Crippen molar-refractivity contribution in [2.45, 2.75) is 26.9 Å². The van der Waals surface area contributed by atoms with E-state index >= 15 is 0 Å². The number of ether oxygens (including phenoxy) is 1. The van der Waals surface area contributed by atoms with Gasteiger partial charge in [0, 0.05) is 11.1 Å². The molecule has 1 rings (SSSR count). The fourth-order valence-electron chi connectivity index (χ4n) is 1.51.